The molecule has 7 heteroatoms. The number of nitrogens with zero attached hydrogens (tertiary/aromatic N) is 4. The van der Waals surface area contributed by atoms with Crippen LogP contribution in [0.5, 0.6) is 0 Å². The van der Waals surface area contributed by atoms with Crippen molar-refractivity contribution in [1.29, 1.82) is 0 Å². The summed E-state index contributed by atoms with van der Waals surface area (Å²) in [7, 11) is 0. The Morgan fingerprint density at radius 2 is 2.22 bits per heavy atom. The van der Waals surface area contributed by atoms with Crippen LogP contribution in [0.2, 0.25) is 0 Å². The number of aryl methyl sites for hydroxylation is 1. The number of carbonyl (C=O) groups excluding carboxylic acids is 1. The number of aromatic nitrogens is 4. The fourth-order valence-electron chi connectivity index (χ4n) is 3.70. The number of fused-ring (bicyclic) bond motifs is 1. The van der Waals surface area contributed by atoms with Crippen LogP contribution in [0.25, 0.3) is 0 Å². The standard InChI is InChI=1S/C16H19N5O2/c22-15-9-13(21-8-2-4-14(21)18-15)11-3-1-7-20(10-11)16(23)12-5-6-17-19-12/h5-6,9,11H,1-4,7-8,10H2,(H,17,19). The Balaban J connectivity index is 1.61. The lowest BCUT2D eigenvalue weighted by molar-refractivity contribution is 0.0698. The number of aromatic amines is 1. The van der Waals surface area contributed by atoms with Crippen LogP contribution < -0.4 is 5.56 Å². The van der Waals surface area contributed by atoms with Gasteiger partial charge >= 0.3 is 0 Å². The average Bonchev–Trinajstić information content (AvgIpc) is 3.24. The van der Waals surface area contributed by atoms with Gasteiger partial charge in [-0.15, -0.1) is 0 Å². The molecule has 1 saturated heterocycles. The van der Waals surface area contributed by atoms with Gasteiger partial charge in [0.05, 0.1) is 0 Å². The van der Waals surface area contributed by atoms with Gasteiger partial charge in [-0.3, -0.25) is 14.7 Å². The van der Waals surface area contributed by atoms with E-state index in [-0.39, 0.29) is 17.4 Å². The summed E-state index contributed by atoms with van der Waals surface area (Å²) < 4.78 is 2.18. The molecule has 2 aliphatic heterocycles. The third-order valence-corrected chi connectivity index (χ3v) is 4.77. The van der Waals surface area contributed by atoms with Gasteiger partial charge in [-0.1, -0.05) is 0 Å². The maximum atomic E-state index is 12.5. The van der Waals surface area contributed by atoms with Gasteiger partial charge in [0.15, 0.2) is 0 Å². The normalized spacial score (nSPS) is 20.5. The maximum Gasteiger partial charge on any atom is 0.273 e. The summed E-state index contributed by atoms with van der Waals surface area (Å²) in [6.07, 6.45) is 5.43. The molecule has 120 valence electrons. The molecule has 4 rings (SSSR count). The van der Waals surface area contributed by atoms with E-state index in [1.165, 1.54) is 0 Å². The Kier molecular flexibility index (Phi) is 3.48. The fraction of sp³-hybridized carbons (Fsp3) is 0.500. The highest BCUT2D eigenvalue weighted by Crippen LogP contribution is 2.29. The van der Waals surface area contributed by atoms with E-state index in [0.717, 1.165) is 50.3 Å². The molecule has 0 saturated carbocycles. The van der Waals surface area contributed by atoms with Crippen LogP contribution in [0.4, 0.5) is 0 Å². The van der Waals surface area contributed by atoms with Crippen LogP contribution in [0.15, 0.2) is 23.1 Å². The summed E-state index contributed by atoms with van der Waals surface area (Å²) in [5.41, 5.74) is 1.40. The van der Waals surface area contributed by atoms with Gasteiger partial charge in [-0.2, -0.15) is 10.1 Å². The van der Waals surface area contributed by atoms with Crippen molar-refractivity contribution in [2.24, 2.45) is 0 Å². The van der Waals surface area contributed by atoms with E-state index in [1.54, 1.807) is 18.3 Å². The molecule has 1 fully saturated rings. The second kappa shape index (κ2) is 5.64. The Morgan fingerprint density at radius 1 is 1.30 bits per heavy atom. The largest absolute Gasteiger partial charge is 0.337 e. The summed E-state index contributed by atoms with van der Waals surface area (Å²) >= 11 is 0. The first-order chi connectivity index (χ1) is 11.2. The second-order valence-electron chi connectivity index (χ2n) is 6.25. The first kappa shape index (κ1) is 14.2. The molecule has 7 nitrogen and oxygen atoms in total. The predicted octanol–water partition coefficient (Wildman–Crippen LogP) is 0.932. The SMILES string of the molecule is O=C(c1ccn[nH]1)N1CCCC(c2cc(=O)nc3n2CCC3)C1. The third-order valence-electron chi connectivity index (χ3n) is 4.77. The summed E-state index contributed by atoms with van der Waals surface area (Å²) in [6, 6.07) is 3.35. The molecule has 1 unspecified atom stereocenters. The lowest BCUT2D eigenvalue weighted by atomic mass is 9.94. The van der Waals surface area contributed by atoms with Crippen molar-refractivity contribution in [1.82, 2.24) is 24.6 Å². The van der Waals surface area contributed by atoms with Crippen LogP contribution in [0.1, 0.15) is 47.2 Å². The highest BCUT2D eigenvalue weighted by atomic mass is 16.2. The van der Waals surface area contributed by atoms with Crippen molar-refractivity contribution in [2.45, 2.75) is 38.1 Å². The maximum absolute atomic E-state index is 12.5. The molecule has 2 aliphatic rings. The number of nitrogens with one attached hydrogen (secondary N) is 1. The first-order valence-corrected chi connectivity index (χ1v) is 8.11. The minimum atomic E-state index is -0.162. The zero-order chi connectivity index (χ0) is 15.8. The monoisotopic (exact) mass is 313 g/mol. The molecule has 1 amide bonds. The van der Waals surface area contributed by atoms with Gasteiger partial charge in [0.25, 0.3) is 11.5 Å². The highest BCUT2D eigenvalue weighted by Gasteiger charge is 2.29. The van der Waals surface area contributed by atoms with Gasteiger partial charge in [0.2, 0.25) is 0 Å². The zero-order valence-electron chi connectivity index (χ0n) is 12.9. The summed E-state index contributed by atoms with van der Waals surface area (Å²) in [6.45, 7) is 2.31. The molecule has 1 atom stereocenters. The molecule has 0 radical (unpaired) electrons. The smallest absolute Gasteiger partial charge is 0.273 e. The lowest BCUT2D eigenvalue weighted by Crippen LogP contribution is -2.40. The highest BCUT2D eigenvalue weighted by molar-refractivity contribution is 5.92. The van der Waals surface area contributed by atoms with Crippen molar-refractivity contribution in [3.63, 3.8) is 0 Å². The van der Waals surface area contributed by atoms with Crippen LogP contribution in [-0.4, -0.2) is 43.6 Å². The molecule has 1 N–H and O–H groups in total. The van der Waals surface area contributed by atoms with Crippen LogP contribution in [-0.2, 0) is 13.0 Å². The topological polar surface area (TPSA) is 83.9 Å². The number of H-pyrrole nitrogens is 1. The number of likely N-dealkylation sites (tertiary alicyclic amines) is 1. The summed E-state index contributed by atoms with van der Waals surface area (Å²) in [5.74, 6) is 1.07. The van der Waals surface area contributed by atoms with Crippen molar-refractivity contribution in [3.8, 4) is 0 Å². The molecule has 0 bridgehead atoms. The van der Waals surface area contributed by atoms with E-state index in [1.807, 2.05) is 4.90 Å². The molecule has 23 heavy (non-hydrogen) atoms. The van der Waals surface area contributed by atoms with E-state index < -0.39 is 0 Å². The number of hydrogen-bond acceptors (Lipinski definition) is 4. The molecule has 0 aromatic carbocycles. The van der Waals surface area contributed by atoms with Gasteiger partial charge in [0, 0.05) is 49.9 Å². The minimum absolute atomic E-state index is 0.0229. The molecule has 2 aromatic rings. The van der Waals surface area contributed by atoms with Gasteiger partial charge in [-0.25, -0.2) is 0 Å². The Hall–Kier alpha value is -2.44. The van der Waals surface area contributed by atoms with E-state index in [2.05, 4.69) is 19.7 Å². The summed E-state index contributed by atoms with van der Waals surface area (Å²) in [5, 5.41) is 6.58. The van der Waals surface area contributed by atoms with Crippen molar-refractivity contribution < 1.29 is 4.79 Å². The predicted molar refractivity (Wildman–Crippen MR) is 83.3 cm³/mol. The first-order valence-electron chi connectivity index (χ1n) is 8.11. The number of rotatable bonds is 2. The average molecular weight is 313 g/mol. The van der Waals surface area contributed by atoms with Gasteiger partial charge in [-0.05, 0) is 25.3 Å². The Labute approximate surface area is 133 Å². The fourth-order valence-corrected chi connectivity index (χ4v) is 3.70. The molecule has 4 heterocycles. The van der Waals surface area contributed by atoms with Crippen molar-refractivity contribution in [3.05, 3.63) is 45.9 Å². The lowest BCUT2D eigenvalue weighted by Gasteiger charge is -2.33. The Bertz CT molecular complexity index is 780. The van der Waals surface area contributed by atoms with Gasteiger partial charge in [0.1, 0.15) is 11.5 Å². The van der Waals surface area contributed by atoms with E-state index in [0.29, 0.717) is 12.2 Å². The number of amides is 1. The number of piperidine rings is 1. The van der Waals surface area contributed by atoms with Crippen LogP contribution in [0, 0.1) is 0 Å². The minimum Gasteiger partial charge on any atom is -0.337 e. The van der Waals surface area contributed by atoms with Gasteiger partial charge < -0.3 is 9.47 Å². The number of hydrogen-bond donors (Lipinski definition) is 1. The third kappa shape index (κ3) is 2.56. The molecular formula is C16H19N5O2. The van der Waals surface area contributed by atoms with Crippen molar-refractivity contribution in [2.75, 3.05) is 13.1 Å². The molecule has 0 aliphatic carbocycles. The molecule has 2 aromatic heterocycles. The van der Waals surface area contributed by atoms with Crippen LogP contribution >= 0.6 is 0 Å². The molecular weight excluding hydrogens is 294 g/mol. The Morgan fingerprint density at radius 3 is 3.04 bits per heavy atom. The van der Waals surface area contributed by atoms with E-state index in [9.17, 15) is 9.59 Å². The quantitative estimate of drug-likeness (QED) is 0.894. The summed E-state index contributed by atoms with van der Waals surface area (Å²) in [4.78, 5) is 30.4. The van der Waals surface area contributed by atoms with E-state index >= 15 is 0 Å². The molecule has 0 spiro atoms. The van der Waals surface area contributed by atoms with Crippen LogP contribution in [0.3, 0.4) is 0 Å². The van der Waals surface area contributed by atoms with Crippen molar-refractivity contribution >= 4 is 5.91 Å². The zero-order valence-corrected chi connectivity index (χ0v) is 12.9. The van der Waals surface area contributed by atoms with E-state index in [4.69, 9.17) is 0 Å². The number of carbonyl (C=O) groups is 1. The second-order valence-corrected chi connectivity index (χ2v) is 6.25.